The van der Waals surface area contributed by atoms with Gasteiger partial charge in [-0.15, -0.1) is 0 Å². The molecule has 0 aliphatic carbocycles. The van der Waals surface area contributed by atoms with E-state index in [0.29, 0.717) is 6.42 Å². The van der Waals surface area contributed by atoms with Crippen molar-refractivity contribution in [2.24, 2.45) is 0 Å². The van der Waals surface area contributed by atoms with Crippen molar-refractivity contribution in [3.63, 3.8) is 0 Å². The van der Waals surface area contributed by atoms with E-state index in [-0.39, 0.29) is 5.97 Å². The van der Waals surface area contributed by atoms with E-state index in [4.69, 9.17) is 12.2 Å². The maximum atomic E-state index is 11.1. The van der Waals surface area contributed by atoms with Crippen LogP contribution in [0.5, 0.6) is 0 Å². The van der Waals surface area contributed by atoms with Crippen LogP contribution in [0, 0.1) is 6.92 Å². The monoisotopic (exact) mass is 384 g/mol. The van der Waals surface area contributed by atoms with Crippen LogP contribution in [0.25, 0.3) is 0 Å². The van der Waals surface area contributed by atoms with Gasteiger partial charge in [0.2, 0.25) is 0 Å². The van der Waals surface area contributed by atoms with Crippen molar-refractivity contribution in [1.82, 2.24) is 5.32 Å². The van der Waals surface area contributed by atoms with Crippen molar-refractivity contribution in [1.29, 1.82) is 0 Å². The number of methoxy groups -OCH3 is 1. The van der Waals surface area contributed by atoms with Crippen LogP contribution < -0.4 is 10.2 Å². The SMILES string of the molecule is COC(=O)CCCCCNC(=S)N(Cc1ccccc1)c1ccc(C)cc1. The third kappa shape index (κ3) is 7.39. The quantitative estimate of drug-likeness (QED) is 0.388. The highest BCUT2D eigenvalue weighted by molar-refractivity contribution is 7.80. The molecule has 0 aliphatic heterocycles. The van der Waals surface area contributed by atoms with Gasteiger partial charge in [0, 0.05) is 18.7 Å². The van der Waals surface area contributed by atoms with Crippen LogP contribution in [-0.4, -0.2) is 24.7 Å². The van der Waals surface area contributed by atoms with E-state index in [1.807, 2.05) is 18.2 Å². The molecule has 0 amide bonds. The van der Waals surface area contributed by atoms with Crippen LogP contribution in [0.3, 0.4) is 0 Å². The molecule has 2 rings (SSSR count). The van der Waals surface area contributed by atoms with Crippen molar-refractivity contribution in [2.45, 2.75) is 39.2 Å². The molecule has 0 saturated carbocycles. The third-order valence-corrected chi connectivity index (χ3v) is 4.70. The summed E-state index contributed by atoms with van der Waals surface area (Å²) < 4.78 is 4.66. The molecular weight excluding hydrogens is 356 g/mol. The van der Waals surface area contributed by atoms with Gasteiger partial charge < -0.3 is 15.0 Å². The smallest absolute Gasteiger partial charge is 0.305 e. The van der Waals surface area contributed by atoms with Gasteiger partial charge in [-0.3, -0.25) is 4.79 Å². The van der Waals surface area contributed by atoms with Gasteiger partial charge in [0.15, 0.2) is 5.11 Å². The number of nitrogens with one attached hydrogen (secondary N) is 1. The maximum absolute atomic E-state index is 11.1. The predicted molar refractivity (Wildman–Crippen MR) is 115 cm³/mol. The zero-order chi connectivity index (χ0) is 19.5. The molecule has 0 unspecified atom stereocenters. The summed E-state index contributed by atoms with van der Waals surface area (Å²) in [5.41, 5.74) is 3.51. The van der Waals surface area contributed by atoms with E-state index >= 15 is 0 Å². The van der Waals surface area contributed by atoms with Crippen LogP contribution in [-0.2, 0) is 16.1 Å². The number of carbonyl (C=O) groups excluding carboxylic acids is 1. The topological polar surface area (TPSA) is 41.6 Å². The summed E-state index contributed by atoms with van der Waals surface area (Å²) in [6, 6.07) is 18.7. The van der Waals surface area contributed by atoms with Gasteiger partial charge in [0.1, 0.15) is 0 Å². The molecule has 0 atom stereocenters. The summed E-state index contributed by atoms with van der Waals surface area (Å²) in [6.07, 6.45) is 3.25. The first-order chi connectivity index (χ1) is 13.1. The highest BCUT2D eigenvalue weighted by Crippen LogP contribution is 2.18. The van der Waals surface area contributed by atoms with Crippen LogP contribution >= 0.6 is 12.2 Å². The van der Waals surface area contributed by atoms with E-state index in [1.165, 1.54) is 18.2 Å². The lowest BCUT2D eigenvalue weighted by molar-refractivity contribution is -0.140. The second kappa shape index (κ2) is 11.3. The number of benzene rings is 2. The molecule has 5 heteroatoms. The Balaban J connectivity index is 1.91. The molecule has 1 N–H and O–H groups in total. The van der Waals surface area contributed by atoms with Crippen LogP contribution in [0.1, 0.15) is 36.8 Å². The largest absolute Gasteiger partial charge is 0.469 e. The Morgan fingerprint density at radius 3 is 2.41 bits per heavy atom. The number of nitrogens with zero attached hydrogens (tertiary/aromatic N) is 1. The first-order valence-corrected chi connectivity index (χ1v) is 9.74. The first kappa shape index (κ1) is 20.9. The van der Waals surface area contributed by atoms with Gasteiger partial charge in [0.05, 0.1) is 13.7 Å². The molecule has 4 nitrogen and oxygen atoms in total. The molecule has 144 valence electrons. The lowest BCUT2D eigenvalue weighted by Crippen LogP contribution is -2.39. The molecule has 0 radical (unpaired) electrons. The summed E-state index contributed by atoms with van der Waals surface area (Å²) in [5.74, 6) is -0.146. The third-order valence-electron chi connectivity index (χ3n) is 4.34. The highest BCUT2D eigenvalue weighted by Gasteiger charge is 2.12. The second-order valence-corrected chi connectivity index (χ2v) is 6.91. The van der Waals surface area contributed by atoms with Gasteiger partial charge >= 0.3 is 5.97 Å². The predicted octanol–water partition coefficient (Wildman–Crippen LogP) is 4.61. The Morgan fingerprint density at radius 2 is 1.74 bits per heavy atom. The number of aryl methyl sites for hydroxylation is 1. The van der Waals surface area contributed by atoms with Crippen LogP contribution in [0.2, 0.25) is 0 Å². The summed E-state index contributed by atoms with van der Waals surface area (Å²) >= 11 is 5.67. The molecule has 0 aromatic heterocycles. The van der Waals surface area contributed by atoms with Crippen LogP contribution in [0.4, 0.5) is 5.69 Å². The molecule has 0 aliphatic rings. The van der Waals surface area contributed by atoms with Crippen molar-refractivity contribution >= 4 is 29.0 Å². The lowest BCUT2D eigenvalue weighted by Gasteiger charge is -2.26. The van der Waals surface area contributed by atoms with Gasteiger partial charge in [-0.1, -0.05) is 54.4 Å². The minimum atomic E-state index is -0.146. The molecule has 2 aromatic rings. The fourth-order valence-corrected chi connectivity index (χ4v) is 3.01. The molecule has 0 saturated heterocycles. The Labute approximate surface area is 167 Å². The van der Waals surface area contributed by atoms with Crippen molar-refractivity contribution in [2.75, 3.05) is 18.6 Å². The fourth-order valence-electron chi connectivity index (χ4n) is 2.73. The average Bonchev–Trinajstić information content (AvgIpc) is 2.70. The summed E-state index contributed by atoms with van der Waals surface area (Å²) in [6.45, 7) is 3.59. The number of hydrogen-bond acceptors (Lipinski definition) is 3. The Hall–Kier alpha value is -2.40. The minimum absolute atomic E-state index is 0.146. The number of carbonyl (C=O) groups is 1. The van der Waals surface area contributed by atoms with Crippen LogP contribution in [0.15, 0.2) is 54.6 Å². The van der Waals surface area contributed by atoms with E-state index < -0.39 is 0 Å². The zero-order valence-electron chi connectivity index (χ0n) is 16.1. The van der Waals surface area contributed by atoms with Crippen molar-refractivity contribution < 1.29 is 9.53 Å². The molecule has 0 fully saturated rings. The highest BCUT2D eigenvalue weighted by atomic mass is 32.1. The van der Waals surface area contributed by atoms with Crippen molar-refractivity contribution in [3.05, 3.63) is 65.7 Å². The van der Waals surface area contributed by atoms with E-state index in [0.717, 1.165) is 43.2 Å². The second-order valence-electron chi connectivity index (χ2n) is 6.53. The number of esters is 1. The number of unbranched alkanes of at least 4 members (excludes halogenated alkanes) is 2. The number of hydrogen-bond donors (Lipinski definition) is 1. The summed E-state index contributed by atoms with van der Waals surface area (Å²) in [4.78, 5) is 13.3. The summed E-state index contributed by atoms with van der Waals surface area (Å²) in [7, 11) is 1.43. The van der Waals surface area contributed by atoms with Crippen molar-refractivity contribution in [3.8, 4) is 0 Å². The molecule has 27 heavy (non-hydrogen) atoms. The number of ether oxygens (including phenoxy) is 1. The molecule has 0 spiro atoms. The number of anilines is 1. The normalized spacial score (nSPS) is 10.3. The van der Waals surface area contributed by atoms with E-state index in [9.17, 15) is 4.79 Å². The molecule has 0 heterocycles. The Kier molecular flexibility index (Phi) is 8.78. The van der Waals surface area contributed by atoms with Gasteiger partial charge in [-0.05, 0) is 49.7 Å². The minimum Gasteiger partial charge on any atom is -0.469 e. The van der Waals surface area contributed by atoms with Gasteiger partial charge in [-0.25, -0.2) is 0 Å². The maximum Gasteiger partial charge on any atom is 0.305 e. The van der Waals surface area contributed by atoms with Gasteiger partial charge in [-0.2, -0.15) is 0 Å². The Bertz CT molecular complexity index is 717. The Morgan fingerprint density at radius 1 is 1.04 bits per heavy atom. The number of thiocarbonyl (C=S) groups is 1. The molecular formula is C22H28N2O2S. The molecule has 2 aromatic carbocycles. The van der Waals surface area contributed by atoms with E-state index in [1.54, 1.807) is 0 Å². The summed E-state index contributed by atoms with van der Waals surface area (Å²) in [5, 5.41) is 4.08. The zero-order valence-corrected chi connectivity index (χ0v) is 16.9. The van der Waals surface area contributed by atoms with Gasteiger partial charge in [0.25, 0.3) is 0 Å². The fraction of sp³-hybridized carbons (Fsp3) is 0.364. The lowest BCUT2D eigenvalue weighted by atomic mass is 10.1. The van der Waals surface area contributed by atoms with E-state index in [2.05, 4.69) is 58.3 Å². The molecule has 0 bridgehead atoms. The first-order valence-electron chi connectivity index (χ1n) is 9.33. The standard InChI is InChI=1S/C22H28N2O2S/c1-18-12-14-20(15-13-18)24(17-19-9-5-3-6-10-19)22(27)23-16-8-4-7-11-21(25)26-2/h3,5-6,9-10,12-15H,4,7-8,11,16-17H2,1-2H3,(H,23,27). The average molecular weight is 385 g/mol. The number of rotatable bonds is 9.